The Hall–Kier alpha value is -0.290. The fraction of sp³-hybridized carbons (Fsp3) is 1.00. The van der Waals surface area contributed by atoms with Gasteiger partial charge in [-0.25, -0.2) is 0 Å². The molecule has 1 saturated heterocycles. The molecule has 120 valence electrons. The number of rotatable bonds is 4. The molecular weight excluding hydrogens is 265 g/mol. The smallest absolute Gasteiger partial charge is 0.311 e. The second kappa shape index (κ2) is 6.22. The van der Waals surface area contributed by atoms with Crippen LogP contribution in [-0.2, 0) is 0 Å². The highest BCUT2D eigenvalue weighted by molar-refractivity contribution is 4.84. The predicted octanol–water partition coefficient (Wildman–Crippen LogP) is 3.68. The molecule has 0 aromatic heterocycles. The van der Waals surface area contributed by atoms with Gasteiger partial charge in [-0.15, -0.1) is 0 Å². The molecule has 0 amide bonds. The number of hydrogen-bond donors (Lipinski definition) is 1. The largest absolute Gasteiger partial charge is 0.393 e. The topological polar surface area (TPSA) is 15.3 Å². The molecule has 0 bridgehead atoms. The number of nitrogens with one attached hydrogen (secondary N) is 1. The van der Waals surface area contributed by atoms with E-state index in [0.717, 1.165) is 13.1 Å². The molecule has 0 aromatic rings. The van der Waals surface area contributed by atoms with Crippen molar-refractivity contribution >= 4 is 0 Å². The summed E-state index contributed by atoms with van der Waals surface area (Å²) in [7, 11) is 0. The Morgan fingerprint density at radius 3 is 2.20 bits per heavy atom. The van der Waals surface area contributed by atoms with E-state index in [1.807, 2.05) is 4.90 Å². The Morgan fingerprint density at radius 2 is 1.70 bits per heavy atom. The van der Waals surface area contributed by atoms with Gasteiger partial charge < -0.3 is 10.2 Å². The Kier molecular flexibility index (Phi) is 5.53. The fourth-order valence-electron chi connectivity index (χ4n) is 2.63. The molecule has 1 rings (SSSR count). The SMILES string of the molecule is CC(C)(CNC(C)(C)C)CN1CCCC(C(F)(F)F)C1. The van der Waals surface area contributed by atoms with Gasteiger partial charge in [-0.3, -0.25) is 0 Å². The lowest BCUT2D eigenvalue weighted by atomic mass is 9.89. The van der Waals surface area contributed by atoms with Gasteiger partial charge in [0.15, 0.2) is 0 Å². The van der Waals surface area contributed by atoms with Gasteiger partial charge in [-0.2, -0.15) is 13.2 Å². The highest BCUT2D eigenvalue weighted by atomic mass is 19.4. The molecule has 5 heteroatoms. The molecule has 2 nitrogen and oxygen atoms in total. The van der Waals surface area contributed by atoms with Gasteiger partial charge in [0.1, 0.15) is 0 Å². The van der Waals surface area contributed by atoms with Crippen molar-refractivity contribution < 1.29 is 13.2 Å². The van der Waals surface area contributed by atoms with Crippen LogP contribution in [0.15, 0.2) is 0 Å². The van der Waals surface area contributed by atoms with Crippen LogP contribution in [0, 0.1) is 11.3 Å². The third-order valence-corrected chi connectivity index (χ3v) is 3.72. The maximum atomic E-state index is 12.8. The van der Waals surface area contributed by atoms with Crippen molar-refractivity contribution in [2.75, 3.05) is 26.2 Å². The summed E-state index contributed by atoms with van der Waals surface area (Å²) in [4.78, 5) is 1.98. The Balaban J connectivity index is 2.50. The molecule has 0 radical (unpaired) electrons. The van der Waals surface area contributed by atoms with E-state index in [1.54, 1.807) is 0 Å². The van der Waals surface area contributed by atoms with Gasteiger partial charge in [-0.05, 0) is 45.6 Å². The number of hydrogen-bond acceptors (Lipinski definition) is 2. The van der Waals surface area contributed by atoms with E-state index in [-0.39, 0.29) is 23.9 Å². The van der Waals surface area contributed by atoms with Crippen LogP contribution in [0.5, 0.6) is 0 Å². The van der Waals surface area contributed by atoms with Crippen LogP contribution in [-0.4, -0.2) is 42.8 Å². The zero-order valence-corrected chi connectivity index (χ0v) is 13.4. The van der Waals surface area contributed by atoms with Gasteiger partial charge in [0.05, 0.1) is 5.92 Å². The van der Waals surface area contributed by atoms with Crippen molar-refractivity contribution in [1.29, 1.82) is 0 Å². The molecule has 1 aliphatic heterocycles. The lowest BCUT2D eigenvalue weighted by Gasteiger charge is -2.39. The quantitative estimate of drug-likeness (QED) is 0.851. The summed E-state index contributed by atoms with van der Waals surface area (Å²) in [6, 6.07) is 0. The number of likely N-dealkylation sites (tertiary alicyclic amines) is 1. The molecule has 1 atom stereocenters. The van der Waals surface area contributed by atoms with Gasteiger partial charge in [0.25, 0.3) is 0 Å². The van der Waals surface area contributed by atoms with Gasteiger partial charge in [0, 0.05) is 25.2 Å². The number of halogens is 3. The molecule has 0 spiro atoms. The summed E-state index contributed by atoms with van der Waals surface area (Å²) in [5.74, 6) is -1.15. The molecule has 0 saturated carbocycles. The monoisotopic (exact) mass is 294 g/mol. The number of alkyl halides is 3. The van der Waals surface area contributed by atoms with Crippen molar-refractivity contribution in [2.45, 2.75) is 59.2 Å². The minimum atomic E-state index is -4.05. The van der Waals surface area contributed by atoms with E-state index in [9.17, 15) is 13.2 Å². The van der Waals surface area contributed by atoms with Crippen LogP contribution in [0.2, 0.25) is 0 Å². The summed E-state index contributed by atoms with van der Waals surface area (Å²) in [5.41, 5.74) is 0.00837. The third-order valence-electron chi connectivity index (χ3n) is 3.72. The summed E-state index contributed by atoms with van der Waals surface area (Å²) < 4.78 is 38.4. The molecule has 1 aliphatic rings. The molecule has 0 aliphatic carbocycles. The molecule has 0 aromatic carbocycles. The van der Waals surface area contributed by atoms with E-state index in [1.165, 1.54) is 0 Å². The third kappa shape index (κ3) is 6.44. The lowest BCUT2D eigenvalue weighted by molar-refractivity contribution is -0.187. The van der Waals surface area contributed by atoms with Gasteiger partial charge in [-0.1, -0.05) is 13.8 Å². The molecule has 1 unspecified atom stereocenters. The van der Waals surface area contributed by atoms with E-state index < -0.39 is 12.1 Å². The first-order valence-electron chi connectivity index (χ1n) is 7.43. The standard InChI is InChI=1S/C15H29F3N2/c1-13(2,3)19-10-14(4,5)11-20-8-6-7-12(9-20)15(16,17)18/h12,19H,6-11H2,1-5H3. The summed E-state index contributed by atoms with van der Waals surface area (Å²) in [6.07, 6.45) is -3.12. The lowest BCUT2D eigenvalue weighted by Crippen LogP contribution is -2.49. The fourth-order valence-corrected chi connectivity index (χ4v) is 2.63. The first kappa shape index (κ1) is 17.8. The van der Waals surface area contributed by atoms with Gasteiger partial charge in [0.2, 0.25) is 0 Å². The normalized spacial score (nSPS) is 23.1. The Morgan fingerprint density at radius 1 is 1.10 bits per heavy atom. The first-order valence-corrected chi connectivity index (χ1v) is 7.43. The van der Waals surface area contributed by atoms with Crippen LogP contribution in [0.3, 0.4) is 0 Å². The highest BCUT2D eigenvalue weighted by Crippen LogP contribution is 2.34. The maximum Gasteiger partial charge on any atom is 0.393 e. The number of piperidine rings is 1. The van der Waals surface area contributed by atoms with E-state index in [2.05, 4.69) is 39.9 Å². The molecule has 1 heterocycles. The Labute approximate surface area is 121 Å². The minimum absolute atomic E-state index is 0.0270. The first-order chi connectivity index (χ1) is 8.89. The van der Waals surface area contributed by atoms with Crippen molar-refractivity contribution in [1.82, 2.24) is 10.2 Å². The van der Waals surface area contributed by atoms with Crippen LogP contribution < -0.4 is 5.32 Å². The Bertz CT molecular complexity index is 305. The van der Waals surface area contributed by atoms with Crippen molar-refractivity contribution in [3.05, 3.63) is 0 Å². The summed E-state index contributed by atoms with van der Waals surface area (Å²) >= 11 is 0. The second-order valence-corrected chi connectivity index (χ2v) is 7.88. The van der Waals surface area contributed by atoms with Crippen molar-refractivity contribution in [3.8, 4) is 0 Å². The molecule has 1 N–H and O–H groups in total. The van der Waals surface area contributed by atoms with Crippen LogP contribution in [0.4, 0.5) is 13.2 Å². The van der Waals surface area contributed by atoms with Crippen LogP contribution >= 0.6 is 0 Å². The molecule has 20 heavy (non-hydrogen) atoms. The van der Waals surface area contributed by atoms with Gasteiger partial charge >= 0.3 is 6.18 Å². The highest BCUT2D eigenvalue weighted by Gasteiger charge is 2.42. The average molecular weight is 294 g/mol. The summed E-state index contributed by atoms with van der Waals surface area (Å²) in [6.45, 7) is 13.0. The van der Waals surface area contributed by atoms with Crippen LogP contribution in [0.1, 0.15) is 47.5 Å². The molecular formula is C15H29F3N2. The zero-order valence-electron chi connectivity index (χ0n) is 13.4. The predicted molar refractivity (Wildman–Crippen MR) is 76.8 cm³/mol. The van der Waals surface area contributed by atoms with Crippen molar-refractivity contribution in [2.24, 2.45) is 11.3 Å². The average Bonchev–Trinajstić information content (AvgIpc) is 2.24. The zero-order chi connectivity index (χ0) is 15.6. The van der Waals surface area contributed by atoms with E-state index >= 15 is 0 Å². The van der Waals surface area contributed by atoms with Crippen molar-refractivity contribution in [3.63, 3.8) is 0 Å². The number of nitrogens with zero attached hydrogens (tertiary/aromatic N) is 1. The maximum absolute atomic E-state index is 12.8. The van der Waals surface area contributed by atoms with E-state index in [4.69, 9.17) is 0 Å². The second-order valence-electron chi connectivity index (χ2n) is 7.88. The minimum Gasteiger partial charge on any atom is -0.311 e. The van der Waals surface area contributed by atoms with E-state index in [0.29, 0.717) is 13.0 Å². The summed E-state index contributed by atoms with van der Waals surface area (Å²) in [5, 5.41) is 3.44. The van der Waals surface area contributed by atoms with Crippen LogP contribution in [0.25, 0.3) is 0 Å². The molecule has 1 fully saturated rings.